The number of nitrogens with zero attached hydrogens (tertiary/aromatic N) is 4. The largest absolute Gasteiger partial charge is 0.354 e. The zero-order valence-corrected chi connectivity index (χ0v) is 15.1. The Labute approximate surface area is 152 Å². The maximum atomic E-state index is 13.5. The number of hydrogen-bond acceptors (Lipinski definition) is 4. The van der Waals surface area contributed by atoms with E-state index in [-0.39, 0.29) is 5.41 Å². The number of likely N-dealkylation sites (tertiary alicyclic amines) is 1. The molecule has 0 N–H and O–H groups in total. The first-order valence-electron chi connectivity index (χ1n) is 9.24. The van der Waals surface area contributed by atoms with E-state index >= 15 is 0 Å². The van der Waals surface area contributed by atoms with Crippen molar-refractivity contribution in [3.63, 3.8) is 0 Å². The van der Waals surface area contributed by atoms with Crippen LogP contribution in [0.1, 0.15) is 30.5 Å². The lowest BCUT2D eigenvalue weighted by molar-refractivity contribution is 0.0990. The molecule has 2 aromatic rings. The van der Waals surface area contributed by atoms with Crippen molar-refractivity contribution in [3.05, 3.63) is 53.5 Å². The van der Waals surface area contributed by atoms with E-state index in [9.17, 15) is 8.78 Å². The zero-order chi connectivity index (χ0) is 18.1. The van der Waals surface area contributed by atoms with Crippen LogP contribution in [-0.4, -0.2) is 41.0 Å². The van der Waals surface area contributed by atoms with Crippen LogP contribution in [0.4, 0.5) is 14.6 Å². The van der Waals surface area contributed by atoms with Crippen LogP contribution in [0.2, 0.25) is 0 Å². The first-order valence-corrected chi connectivity index (χ1v) is 9.24. The molecule has 1 spiro atoms. The molecular weight excluding hydrogens is 334 g/mol. The van der Waals surface area contributed by atoms with E-state index in [0.29, 0.717) is 6.54 Å². The first-order chi connectivity index (χ1) is 12.5. The molecule has 6 heteroatoms. The van der Waals surface area contributed by atoms with Gasteiger partial charge in [-0.25, -0.2) is 13.8 Å². The van der Waals surface area contributed by atoms with Crippen LogP contribution in [0.5, 0.6) is 0 Å². The highest BCUT2D eigenvalue weighted by molar-refractivity contribution is 5.44. The summed E-state index contributed by atoms with van der Waals surface area (Å²) >= 11 is 0. The molecule has 3 heterocycles. The Bertz CT molecular complexity index is 797. The van der Waals surface area contributed by atoms with E-state index in [1.165, 1.54) is 18.6 Å². The van der Waals surface area contributed by atoms with Crippen molar-refractivity contribution >= 4 is 5.82 Å². The summed E-state index contributed by atoms with van der Waals surface area (Å²) < 4.78 is 26.6. The molecule has 1 atom stereocenters. The highest BCUT2D eigenvalue weighted by atomic mass is 19.2. The van der Waals surface area contributed by atoms with Gasteiger partial charge in [0.15, 0.2) is 11.6 Å². The van der Waals surface area contributed by atoms with Crippen LogP contribution in [0, 0.1) is 24.0 Å². The van der Waals surface area contributed by atoms with Gasteiger partial charge in [-0.3, -0.25) is 9.88 Å². The average molecular weight is 358 g/mol. The average Bonchev–Trinajstić information content (AvgIpc) is 3.02. The molecule has 0 bridgehead atoms. The number of aromatic nitrogens is 2. The summed E-state index contributed by atoms with van der Waals surface area (Å²) in [6.45, 7) is 6.65. The van der Waals surface area contributed by atoms with Crippen LogP contribution in [0.25, 0.3) is 0 Å². The normalized spacial score (nSPS) is 23.7. The Kier molecular flexibility index (Phi) is 4.61. The number of anilines is 1. The SMILES string of the molecule is Cc1nccnc1N1CC[C@@]2(CCCN(Cc3ccc(F)c(F)c3)C2)C1. The molecule has 26 heavy (non-hydrogen) atoms. The van der Waals surface area contributed by atoms with Gasteiger partial charge in [-0.1, -0.05) is 6.07 Å². The fourth-order valence-corrected chi connectivity index (χ4v) is 4.50. The van der Waals surface area contributed by atoms with Gasteiger partial charge in [0.1, 0.15) is 5.82 Å². The molecule has 2 fully saturated rings. The zero-order valence-electron chi connectivity index (χ0n) is 15.1. The van der Waals surface area contributed by atoms with Gasteiger partial charge < -0.3 is 4.90 Å². The molecule has 0 saturated carbocycles. The summed E-state index contributed by atoms with van der Waals surface area (Å²) in [6, 6.07) is 4.22. The molecule has 2 aliphatic rings. The Morgan fingerprint density at radius 1 is 1.04 bits per heavy atom. The summed E-state index contributed by atoms with van der Waals surface area (Å²) in [5.41, 5.74) is 2.06. The third kappa shape index (κ3) is 3.43. The maximum Gasteiger partial charge on any atom is 0.159 e. The van der Waals surface area contributed by atoms with Gasteiger partial charge in [0, 0.05) is 44.0 Å². The van der Waals surface area contributed by atoms with E-state index in [0.717, 1.165) is 56.1 Å². The lowest BCUT2D eigenvalue weighted by Crippen LogP contribution is -2.44. The molecule has 2 aliphatic heterocycles. The molecule has 2 saturated heterocycles. The smallest absolute Gasteiger partial charge is 0.159 e. The van der Waals surface area contributed by atoms with Gasteiger partial charge >= 0.3 is 0 Å². The summed E-state index contributed by atoms with van der Waals surface area (Å²) in [6.07, 6.45) is 6.96. The predicted molar refractivity (Wildman–Crippen MR) is 96.9 cm³/mol. The van der Waals surface area contributed by atoms with Crippen molar-refractivity contribution in [1.82, 2.24) is 14.9 Å². The molecule has 0 radical (unpaired) electrons. The van der Waals surface area contributed by atoms with E-state index in [1.807, 2.05) is 6.92 Å². The van der Waals surface area contributed by atoms with Crippen molar-refractivity contribution in [2.45, 2.75) is 32.7 Å². The number of piperidine rings is 1. The molecule has 0 unspecified atom stereocenters. The quantitative estimate of drug-likeness (QED) is 0.840. The Morgan fingerprint density at radius 3 is 2.69 bits per heavy atom. The van der Waals surface area contributed by atoms with E-state index < -0.39 is 11.6 Å². The predicted octanol–water partition coefficient (Wildman–Crippen LogP) is 3.56. The Balaban J connectivity index is 1.45. The standard InChI is InChI=1S/C20H24F2N4/c1-15-19(24-8-7-23-15)26-10-6-20(14-26)5-2-9-25(13-20)12-16-3-4-17(21)18(22)11-16/h3-4,7-8,11H,2,5-6,9-10,12-14H2,1H3/t20-/m1/s1. The molecule has 0 aliphatic carbocycles. The second kappa shape index (κ2) is 6.91. The van der Waals surface area contributed by atoms with Crippen molar-refractivity contribution in [3.8, 4) is 0 Å². The van der Waals surface area contributed by atoms with Gasteiger partial charge in [-0.05, 0) is 50.4 Å². The van der Waals surface area contributed by atoms with E-state index in [4.69, 9.17) is 0 Å². The minimum Gasteiger partial charge on any atom is -0.354 e. The second-order valence-electron chi connectivity index (χ2n) is 7.70. The lowest BCUT2D eigenvalue weighted by atomic mass is 9.79. The number of benzene rings is 1. The molecule has 0 amide bonds. The van der Waals surface area contributed by atoms with Crippen molar-refractivity contribution in [2.75, 3.05) is 31.1 Å². The highest BCUT2D eigenvalue weighted by Gasteiger charge is 2.42. The topological polar surface area (TPSA) is 32.3 Å². The maximum absolute atomic E-state index is 13.5. The van der Waals surface area contributed by atoms with E-state index in [1.54, 1.807) is 18.5 Å². The third-order valence-electron chi connectivity index (χ3n) is 5.72. The Morgan fingerprint density at radius 2 is 1.88 bits per heavy atom. The molecule has 4 nitrogen and oxygen atoms in total. The van der Waals surface area contributed by atoms with Crippen molar-refractivity contribution in [1.29, 1.82) is 0 Å². The van der Waals surface area contributed by atoms with Crippen LogP contribution < -0.4 is 4.90 Å². The van der Waals surface area contributed by atoms with E-state index in [2.05, 4.69) is 19.8 Å². The van der Waals surface area contributed by atoms with Crippen molar-refractivity contribution in [2.24, 2.45) is 5.41 Å². The van der Waals surface area contributed by atoms with Crippen LogP contribution >= 0.6 is 0 Å². The summed E-state index contributed by atoms with van der Waals surface area (Å²) in [7, 11) is 0. The first kappa shape index (κ1) is 17.3. The number of rotatable bonds is 3. The van der Waals surface area contributed by atoms with Gasteiger partial charge in [0.25, 0.3) is 0 Å². The van der Waals surface area contributed by atoms with Gasteiger partial charge in [0.05, 0.1) is 5.69 Å². The molecule has 1 aromatic heterocycles. The number of halogens is 2. The van der Waals surface area contributed by atoms with Gasteiger partial charge in [-0.2, -0.15) is 0 Å². The summed E-state index contributed by atoms with van der Waals surface area (Å²) in [5, 5.41) is 0. The summed E-state index contributed by atoms with van der Waals surface area (Å²) in [4.78, 5) is 13.6. The van der Waals surface area contributed by atoms with Crippen LogP contribution in [0.3, 0.4) is 0 Å². The Hall–Kier alpha value is -2.08. The minimum atomic E-state index is -0.783. The van der Waals surface area contributed by atoms with Gasteiger partial charge in [0.2, 0.25) is 0 Å². The summed E-state index contributed by atoms with van der Waals surface area (Å²) in [5.74, 6) is -0.559. The number of aryl methyl sites for hydroxylation is 1. The fourth-order valence-electron chi connectivity index (χ4n) is 4.50. The molecular formula is C20H24F2N4. The van der Waals surface area contributed by atoms with Crippen LogP contribution in [0.15, 0.2) is 30.6 Å². The minimum absolute atomic E-state index is 0.251. The molecule has 138 valence electrons. The second-order valence-corrected chi connectivity index (χ2v) is 7.70. The van der Waals surface area contributed by atoms with Crippen molar-refractivity contribution < 1.29 is 8.78 Å². The molecule has 1 aromatic carbocycles. The fraction of sp³-hybridized carbons (Fsp3) is 0.500. The highest BCUT2D eigenvalue weighted by Crippen LogP contribution is 2.40. The van der Waals surface area contributed by atoms with Crippen LogP contribution in [-0.2, 0) is 6.54 Å². The number of hydrogen-bond donors (Lipinski definition) is 0. The third-order valence-corrected chi connectivity index (χ3v) is 5.72. The molecule has 4 rings (SSSR count). The lowest BCUT2D eigenvalue weighted by Gasteiger charge is -2.40. The van der Waals surface area contributed by atoms with Gasteiger partial charge in [-0.15, -0.1) is 0 Å². The monoisotopic (exact) mass is 358 g/mol.